The zero-order valence-electron chi connectivity index (χ0n) is 8.85. The fourth-order valence-corrected chi connectivity index (χ4v) is 1.98. The van der Waals surface area contributed by atoms with Gasteiger partial charge in [0, 0.05) is 11.3 Å². The summed E-state index contributed by atoms with van der Waals surface area (Å²) in [5.74, 6) is 0. The molecule has 0 fully saturated rings. The molecule has 0 aliphatic rings. The number of hydrogen-bond acceptors (Lipinski definition) is 1. The van der Waals surface area contributed by atoms with Crippen molar-refractivity contribution in [3.05, 3.63) is 17.0 Å². The molecule has 0 amide bonds. The summed E-state index contributed by atoms with van der Waals surface area (Å²) < 4.78 is 13.9. The fourth-order valence-electron chi connectivity index (χ4n) is 1.67. The lowest BCUT2D eigenvalue weighted by Crippen LogP contribution is -2.04. The van der Waals surface area contributed by atoms with E-state index in [-0.39, 0.29) is 12.1 Å². The molecule has 1 aromatic heterocycles. The number of aromatic nitrogens is 2. The summed E-state index contributed by atoms with van der Waals surface area (Å²) in [4.78, 5) is 0. The average Bonchev–Trinajstić information content (AvgIpc) is 2.42. The maximum Gasteiger partial charge on any atom is 0.109 e. The molecule has 80 valence electrons. The Labute approximate surface area is 89.1 Å². The van der Waals surface area contributed by atoms with Crippen LogP contribution in [0.1, 0.15) is 35.7 Å². The summed E-state index contributed by atoms with van der Waals surface area (Å²) in [6.07, 6.45) is 0.866. The molecule has 0 aromatic carbocycles. The molecule has 1 atom stereocenters. The van der Waals surface area contributed by atoms with Crippen LogP contribution in [-0.4, -0.2) is 16.5 Å². The van der Waals surface area contributed by atoms with Gasteiger partial charge >= 0.3 is 0 Å². The molecule has 4 heteroatoms. The van der Waals surface area contributed by atoms with Crippen LogP contribution < -0.4 is 0 Å². The molecule has 0 saturated carbocycles. The minimum absolute atomic E-state index is 0.0108. The quantitative estimate of drug-likeness (QED) is 0.710. The van der Waals surface area contributed by atoms with E-state index in [9.17, 15) is 4.39 Å². The van der Waals surface area contributed by atoms with E-state index < -0.39 is 0 Å². The lowest BCUT2D eigenvalue weighted by Gasteiger charge is -2.07. The molecule has 0 saturated heterocycles. The van der Waals surface area contributed by atoms with E-state index in [1.54, 1.807) is 4.68 Å². The Morgan fingerprint density at radius 1 is 1.50 bits per heavy atom. The molecule has 0 bridgehead atoms. The van der Waals surface area contributed by atoms with Gasteiger partial charge in [0.2, 0.25) is 0 Å². The van der Waals surface area contributed by atoms with Crippen LogP contribution in [0.25, 0.3) is 0 Å². The minimum atomic E-state index is -0.388. The van der Waals surface area contributed by atoms with E-state index in [1.807, 2.05) is 20.8 Å². The normalized spacial score (nSPS) is 13.2. The third-order valence-corrected chi connectivity index (χ3v) is 2.93. The van der Waals surface area contributed by atoms with Crippen molar-refractivity contribution < 1.29 is 4.39 Å². The summed E-state index contributed by atoms with van der Waals surface area (Å²) in [5, 5.41) is 4.25. The highest BCUT2D eigenvalue weighted by atomic mass is 35.5. The first-order chi connectivity index (χ1) is 6.61. The number of halogens is 2. The number of hydrogen-bond donors (Lipinski definition) is 0. The second-order valence-electron chi connectivity index (χ2n) is 3.37. The van der Waals surface area contributed by atoms with E-state index in [1.165, 1.54) is 0 Å². The van der Waals surface area contributed by atoms with Crippen molar-refractivity contribution in [2.45, 2.75) is 39.1 Å². The van der Waals surface area contributed by atoms with Crippen LogP contribution in [0.4, 0.5) is 4.39 Å². The van der Waals surface area contributed by atoms with Crippen molar-refractivity contribution in [2.75, 3.05) is 6.67 Å². The van der Waals surface area contributed by atoms with Crippen LogP contribution in [0.5, 0.6) is 0 Å². The Morgan fingerprint density at radius 3 is 2.64 bits per heavy atom. The fraction of sp³-hybridized carbons (Fsp3) is 0.700. The molecule has 2 nitrogen and oxygen atoms in total. The molecule has 0 radical (unpaired) electrons. The molecule has 1 rings (SSSR count). The predicted octanol–water partition coefficient (Wildman–Crippen LogP) is 3.16. The molecule has 1 heterocycles. The van der Waals surface area contributed by atoms with Crippen molar-refractivity contribution in [3.63, 3.8) is 0 Å². The van der Waals surface area contributed by atoms with Crippen molar-refractivity contribution in [1.29, 1.82) is 0 Å². The highest BCUT2D eigenvalue weighted by Crippen LogP contribution is 2.29. The number of aryl methyl sites for hydroxylation is 2. The maximum atomic E-state index is 12.2. The topological polar surface area (TPSA) is 17.8 Å². The monoisotopic (exact) mass is 218 g/mol. The van der Waals surface area contributed by atoms with Crippen LogP contribution in [0.2, 0.25) is 0 Å². The zero-order valence-corrected chi connectivity index (χ0v) is 9.60. The smallest absolute Gasteiger partial charge is 0.109 e. The molecular weight excluding hydrogens is 203 g/mol. The molecule has 14 heavy (non-hydrogen) atoms. The first kappa shape index (κ1) is 11.5. The van der Waals surface area contributed by atoms with Crippen molar-refractivity contribution in [3.8, 4) is 0 Å². The van der Waals surface area contributed by atoms with Gasteiger partial charge in [0.05, 0.1) is 17.6 Å². The SMILES string of the molecule is CCC(Cl)c1c(C)nn(CCF)c1C. The number of alkyl halides is 2. The Bertz CT molecular complexity index is 309. The third kappa shape index (κ3) is 2.08. The zero-order chi connectivity index (χ0) is 10.7. The van der Waals surface area contributed by atoms with Crippen LogP contribution in [0.3, 0.4) is 0 Å². The van der Waals surface area contributed by atoms with E-state index >= 15 is 0 Å². The highest BCUT2D eigenvalue weighted by Gasteiger charge is 2.17. The molecular formula is C10H16ClFN2. The summed E-state index contributed by atoms with van der Waals surface area (Å²) in [7, 11) is 0. The third-order valence-electron chi connectivity index (χ3n) is 2.41. The largest absolute Gasteiger partial charge is 0.267 e. The Hall–Kier alpha value is -0.570. The van der Waals surface area contributed by atoms with Gasteiger partial charge in [0.1, 0.15) is 6.67 Å². The highest BCUT2D eigenvalue weighted by molar-refractivity contribution is 6.20. The number of rotatable bonds is 4. The Kier molecular flexibility index (Phi) is 3.93. The van der Waals surface area contributed by atoms with E-state index in [0.29, 0.717) is 6.54 Å². The van der Waals surface area contributed by atoms with Crippen LogP contribution in [-0.2, 0) is 6.54 Å². The number of nitrogens with zero attached hydrogens (tertiary/aromatic N) is 2. The minimum Gasteiger partial charge on any atom is -0.267 e. The molecule has 0 aliphatic heterocycles. The van der Waals surface area contributed by atoms with Crippen LogP contribution in [0.15, 0.2) is 0 Å². The van der Waals surface area contributed by atoms with E-state index in [2.05, 4.69) is 5.10 Å². The lowest BCUT2D eigenvalue weighted by atomic mass is 10.1. The van der Waals surface area contributed by atoms with Crippen molar-refractivity contribution in [2.24, 2.45) is 0 Å². The molecule has 1 unspecified atom stereocenters. The van der Waals surface area contributed by atoms with Crippen molar-refractivity contribution in [1.82, 2.24) is 9.78 Å². The van der Waals surface area contributed by atoms with Gasteiger partial charge in [-0.05, 0) is 20.3 Å². The lowest BCUT2D eigenvalue weighted by molar-refractivity contribution is 0.422. The van der Waals surface area contributed by atoms with E-state index in [4.69, 9.17) is 11.6 Å². The van der Waals surface area contributed by atoms with E-state index in [0.717, 1.165) is 23.4 Å². The molecule has 0 aliphatic carbocycles. The van der Waals surface area contributed by atoms with Gasteiger partial charge in [0.25, 0.3) is 0 Å². The molecule has 0 spiro atoms. The average molecular weight is 219 g/mol. The van der Waals surface area contributed by atoms with Gasteiger partial charge in [-0.1, -0.05) is 6.92 Å². The van der Waals surface area contributed by atoms with Crippen molar-refractivity contribution >= 4 is 11.6 Å². The Morgan fingerprint density at radius 2 is 2.14 bits per heavy atom. The van der Waals surface area contributed by atoms with Crippen LogP contribution in [0, 0.1) is 13.8 Å². The standard InChI is InChI=1S/C10H16ClFN2/c1-4-9(11)10-7(2)13-14(6-5-12)8(10)3/h9H,4-6H2,1-3H3. The first-order valence-electron chi connectivity index (χ1n) is 4.85. The Balaban J connectivity index is 3.04. The second kappa shape index (κ2) is 4.78. The van der Waals surface area contributed by atoms with Crippen LogP contribution >= 0.6 is 11.6 Å². The summed E-state index contributed by atoms with van der Waals surface area (Å²) in [6, 6.07) is 0. The first-order valence-corrected chi connectivity index (χ1v) is 5.29. The van der Waals surface area contributed by atoms with Gasteiger partial charge in [-0.25, -0.2) is 4.39 Å². The molecule has 1 aromatic rings. The second-order valence-corrected chi connectivity index (χ2v) is 3.90. The predicted molar refractivity (Wildman–Crippen MR) is 56.6 cm³/mol. The van der Waals surface area contributed by atoms with Gasteiger partial charge in [-0.2, -0.15) is 5.10 Å². The summed E-state index contributed by atoms with van der Waals surface area (Å²) >= 11 is 6.17. The van der Waals surface area contributed by atoms with Gasteiger partial charge in [0.15, 0.2) is 0 Å². The van der Waals surface area contributed by atoms with Gasteiger partial charge < -0.3 is 0 Å². The van der Waals surface area contributed by atoms with Gasteiger partial charge in [-0.3, -0.25) is 4.68 Å². The maximum absolute atomic E-state index is 12.2. The summed E-state index contributed by atoms with van der Waals surface area (Å²) in [6.45, 7) is 5.82. The van der Waals surface area contributed by atoms with Gasteiger partial charge in [-0.15, -0.1) is 11.6 Å². The summed E-state index contributed by atoms with van der Waals surface area (Å²) in [5.41, 5.74) is 2.96. The molecule has 0 N–H and O–H groups in total.